The lowest BCUT2D eigenvalue weighted by atomic mass is 10.0. The molecule has 0 bridgehead atoms. The molecule has 0 atom stereocenters. The maximum absolute atomic E-state index is 13.1. The largest absolute Gasteiger partial charge is 0.400 e. The van der Waals surface area contributed by atoms with Crippen LogP contribution in [0.2, 0.25) is 0 Å². The lowest BCUT2D eigenvalue weighted by Gasteiger charge is -2.01. The van der Waals surface area contributed by atoms with Gasteiger partial charge in [-0.3, -0.25) is 14.9 Å². The Labute approximate surface area is 114 Å². The van der Waals surface area contributed by atoms with Crippen LogP contribution < -0.4 is 0 Å². The van der Waals surface area contributed by atoms with Crippen molar-refractivity contribution >= 4 is 11.5 Å². The number of hydrogen-bond acceptors (Lipinski definition) is 4. The van der Waals surface area contributed by atoms with Gasteiger partial charge in [0.2, 0.25) is 5.82 Å². The molecule has 0 heterocycles. The zero-order chi connectivity index (χ0) is 15.1. The van der Waals surface area contributed by atoms with E-state index in [-0.39, 0.29) is 11.3 Å². The van der Waals surface area contributed by atoms with Gasteiger partial charge in [-0.2, -0.15) is 4.39 Å². The molecule has 5 nitrogen and oxygen atoms in total. The second-order valence-corrected chi connectivity index (χ2v) is 3.62. The predicted octanol–water partition coefficient (Wildman–Crippen LogP) is 2.57. The monoisotopic (exact) mass is 277 g/mol. The van der Waals surface area contributed by atoms with Crippen molar-refractivity contribution in [2.45, 2.75) is 0 Å². The van der Waals surface area contributed by atoms with Gasteiger partial charge in [-0.25, -0.2) is 0 Å². The first-order chi connectivity index (χ1) is 9.59. The Morgan fingerprint density at radius 2 is 1.70 bits per heavy atom. The summed E-state index contributed by atoms with van der Waals surface area (Å²) in [6, 6.07) is 11.4. The van der Waals surface area contributed by atoms with E-state index in [2.05, 4.69) is 0 Å². The summed E-state index contributed by atoms with van der Waals surface area (Å²) in [5.41, 5.74) is -0.204. The fourth-order valence-electron chi connectivity index (χ4n) is 1.55. The van der Waals surface area contributed by atoms with Gasteiger partial charge in [0.15, 0.2) is 5.78 Å². The number of carbonyl (C=O) groups excluding carboxylic acids is 1. The Hall–Kier alpha value is -2.60. The van der Waals surface area contributed by atoms with Crippen LogP contribution in [0.5, 0.6) is 0 Å². The quantitative estimate of drug-likeness (QED) is 0.531. The second-order valence-electron chi connectivity index (χ2n) is 3.62. The van der Waals surface area contributed by atoms with Crippen LogP contribution in [-0.4, -0.2) is 22.9 Å². The summed E-state index contributed by atoms with van der Waals surface area (Å²) in [6.07, 6.45) is 0. The van der Waals surface area contributed by atoms with Gasteiger partial charge in [-0.1, -0.05) is 30.3 Å². The van der Waals surface area contributed by atoms with Crippen LogP contribution in [0.4, 0.5) is 10.1 Å². The second kappa shape index (κ2) is 7.10. The van der Waals surface area contributed by atoms with Crippen LogP contribution in [0.3, 0.4) is 0 Å². The van der Waals surface area contributed by atoms with Crippen LogP contribution >= 0.6 is 0 Å². The molecular weight excluding hydrogens is 265 g/mol. The van der Waals surface area contributed by atoms with Gasteiger partial charge >= 0.3 is 5.69 Å². The molecule has 0 spiro atoms. The Kier molecular flexibility index (Phi) is 5.49. The highest BCUT2D eigenvalue weighted by Gasteiger charge is 2.18. The van der Waals surface area contributed by atoms with Crippen molar-refractivity contribution in [1.82, 2.24) is 0 Å². The van der Waals surface area contributed by atoms with E-state index in [0.717, 1.165) is 19.2 Å². The average Bonchev–Trinajstić information content (AvgIpc) is 2.49. The fraction of sp³-hybridized carbons (Fsp3) is 0.0714. The summed E-state index contributed by atoms with van der Waals surface area (Å²) in [5.74, 6) is -1.33. The SMILES string of the molecule is CO.O=C(c1ccccc1)c1ccc(F)c([N+](=O)[O-])c1. The minimum atomic E-state index is -0.954. The highest BCUT2D eigenvalue weighted by molar-refractivity contribution is 6.09. The number of hydrogen-bond donors (Lipinski definition) is 1. The summed E-state index contributed by atoms with van der Waals surface area (Å²) < 4.78 is 13.1. The molecule has 6 heteroatoms. The van der Waals surface area contributed by atoms with E-state index in [4.69, 9.17) is 5.11 Å². The summed E-state index contributed by atoms with van der Waals surface area (Å²) in [5, 5.41) is 17.6. The highest BCUT2D eigenvalue weighted by atomic mass is 19.1. The molecule has 0 aliphatic carbocycles. The maximum atomic E-state index is 13.1. The molecule has 2 rings (SSSR count). The molecule has 0 aromatic heterocycles. The molecule has 0 aliphatic rings. The molecule has 0 saturated heterocycles. The summed E-state index contributed by atoms with van der Waals surface area (Å²) in [6.45, 7) is 0. The molecule has 2 aromatic rings. The standard InChI is InChI=1S/C13H8FNO3.CH4O/c14-11-7-6-10(8-12(11)15(17)18)13(16)9-4-2-1-3-5-9;1-2/h1-8H;2H,1H3. The molecule has 104 valence electrons. The number of aliphatic hydroxyl groups excluding tert-OH is 1. The Morgan fingerprint density at radius 1 is 1.10 bits per heavy atom. The number of benzene rings is 2. The number of nitrogens with zero attached hydrogens (tertiary/aromatic N) is 1. The number of nitro groups is 1. The van der Waals surface area contributed by atoms with Crippen LogP contribution in [0.25, 0.3) is 0 Å². The molecule has 0 aliphatic heterocycles. The van der Waals surface area contributed by atoms with Gasteiger partial charge in [0.05, 0.1) is 4.92 Å². The number of halogens is 1. The van der Waals surface area contributed by atoms with Crippen LogP contribution in [0, 0.1) is 15.9 Å². The summed E-state index contributed by atoms with van der Waals surface area (Å²) >= 11 is 0. The van der Waals surface area contributed by atoms with E-state index >= 15 is 0 Å². The zero-order valence-corrected chi connectivity index (χ0v) is 10.6. The molecule has 2 aromatic carbocycles. The normalized spacial score (nSPS) is 9.35. The molecule has 0 saturated carbocycles. The zero-order valence-electron chi connectivity index (χ0n) is 10.6. The Morgan fingerprint density at radius 3 is 2.25 bits per heavy atom. The minimum Gasteiger partial charge on any atom is -0.400 e. The van der Waals surface area contributed by atoms with E-state index in [1.54, 1.807) is 30.3 Å². The molecule has 0 amide bonds. The van der Waals surface area contributed by atoms with Crippen molar-refractivity contribution in [2.75, 3.05) is 7.11 Å². The van der Waals surface area contributed by atoms with E-state index in [1.807, 2.05) is 0 Å². The number of carbonyl (C=O) groups is 1. The molecule has 0 unspecified atom stereocenters. The van der Waals surface area contributed by atoms with Crippen molar-refractivity contribution < 1.29 is 19.2 Å². The Bertz CT molecular complexity index is 614. The molecule has 0 radical (unpaired) electrons. The summed E-state index contributed by atoms with van der Waals surface area (Å²) in [7, 11) is 1.00. The van der Waals surface area contributed by atoms with E-state index < -0.39 is 16.4 Å². The lowest BCUT2D eigenvalue weighted by molar-refractivity contribution is -0.387. The first-order valence-corrected chi connectivity index (χ1v) is 5.58. The third-order valence-corrected chi connectivity index (χ3v) is 2.44. The van der Waals surface area contributed by atoms with Crippen molar-refractivity contribution in [2.24, 2.45) is 0 Å². The number of ketones is 1. The minimum absolute atomic E-state index is 0.0919. The van der Waals surface area contributed by atoms with Crippen molar-refractivity contribution in [1.29, 1.82) is 0 Å². The Balaban J connectivity index is 0.000000956. The highest BCUT2D eigenvalue weighted by Crippen LogP contribution is 2.20. The molecule has 0 fully saturated rings. The lowest BCUT2D eigenvalue weighted by Crippen LogP contribution is -2.03. The first-order valence-electron chi connectivity index (χ1n) is 5.58. The average molecular weight is 277 g/mol. The van der Waals surface area contributed by atoms with Crippen molar-refractivity contribution in [3.05, 3.63) is 75.6 Å². The number of nitro benzene ring substituents is 1. The number of aliphatic hydroxyl groups is 1. The van der Waals surface area contributed by atoms with Crippen molar-refractivity contribution in [3.63, 3.8) is 0 Å². The van der Waals surface area contributed by atoms with Gasteiger partial charge in [0.25, 0.3) is 0 Å². The van der Waals surface area contributed by atoms with E-state index in [9.17, 15) is 19.3 Å². The topological polar surface area (TPSA) is 80.4 Å². The van der Waals surface area contributed by atoms with Crippen LogP contribution in [0.15, 0.2) is 48.5 Å². The number of rotatable bonds is 3. The first kappa shape index (κ1) is 15.5. The van der Waals surface area contributed by atoms with Crippen molar-refractivity contribution in [3.8, 4) is 0 Å². The van der Waals surface area contributed by atoms with Gasteiger partial charge < -0.3 is 5.11 Å². The molecule has 1 N–H and O–H groups in total. The maximum Gasteiger partial charge on any atom is 0.305 e. The molecule has 20 heavy (non-hydrogen) atoms. The van der Waals surface area contributed by atoms with Gasteiger partial charge in [0.1, 0.15) is 0 Å². The predicted molar refractivity (Wildman–Crippen MR) is 71.1 cm³/mol. The van der Waals surface area contributed by atoms with Gasteiger partial charge in [-0.05, 0) is 12.1 Å². The van der Waals surface area contributed by atoms with Crippen LogP contribution in [0.1, 0.15) is 15.9 Å². The fourth-order valence-corrected chi connectivity index (χ4v) is 1.55. The third-order valence-electron chi connectivity index (χ3n) is 2.44. The van der Waals surface area contributed by atoms with E-state index in [0.29, 0.717) is 5.56 Å². The third kappa shape index (κ3) is 3.46. The van der Waals surface area contributed by atoms with Crippen LogP contribution in [-0.2, 0) is 0 Å². The van der Waals surface area contributed by atoms with Gasteiger partial charge in [0, 0.05) is 24.3 Å². The van der Waals surface area contributed by atoms with E-state index in [1.165, 1.54) is 6.07 Å². The summed E-state index contributed by atoms with van der Waals surface area (Å²) in [4.78, 5) is 21.7. The van der Waals surface area contributed by atoms with Gasteiger partial charge in [-0.15, -0.1) is 0 Å². The molecular formula is C14H12FNO4. The smallest absolute Gasteiger partial charge is 0.305 e.